The SMILES string of the molecule is FC(F)C1(F)CCSC1F. The maximum Gasteiger partial charge on any atom is 0.275 e. The molecule has 1 aliphatic heterocycles. The summed E-state index contributed by atoms with van der Waals surface area (Å²) >= 11 is 0.611. The molecular formula is C5H6F4S. The Kier molecular flexibility index (Phi) is 2.12. The van der Waals surface area contributed by atoms with E-state index in [2.05, 4.69) is 0 Å². The molecule has 0 nitrogen and oxygen atoms in total. The normalized spacial score (nSPS) is 41.1. The van der Waals surface area contributed by atoms with Gasteiger partial charge in [-0.3, -0.25) is 0 Å². The summed E-state index contributed by atoms with van der Waals surface area (Å²) in [7, 11) is 0. The molecule has 0 amide bonds. The molecule has 1 fully saturated rings. The molecule has 1 saturated heterocycles. The van der Waals surface area contributed by atoms with E-state index in [0.717, 1.165) is 0 Å². The zero-order valence-corrected chi connectivity index (χ0v) is 5.81. The molecule has 1 aliphatic rings. The van der Waals surface area contributed by atoms with Crippen LogP contribution in [0.25, 0.3) is 0 Å². The van der Waals surface area contributed by atoms with Gasteiger partial charge in [-0.15, -0.1) is 11.8 Å². The lowest BCUT2D eigenvalue weighted by molar-refractivity contribution is -0.0548. The lowest BCUT2D eigenvalue weighted by Crippen LogP contribution is -2.36. The van der Waals surface area contributed by atoms with E-state index in [1.54, 1.807) is 0 Å². The number of thioether (sulfide) groups is 1. The quantitative estimate of drug-likeness (QED) is 0.550. The number of hydrogen-bond donors (Lipinski definition) is 0. The molecule has 0 aromatic rings. The third kappa shape index (κ3) is 1.11. The summed E-state index contributed by atoms with van der Waals surface area (Å²) in [6.07, 6.45) is -3.58. The standard InChI is InChI=1S/C5H6F4S/c6-3(7)5(9)1-2-10-4(5)8/h3-4H,1-2H2. The highest BCUT2D eigenvalue weighted by molar-refractivity contribution is 8.00. The minimum atomic E-state index is -3.20. The van der Waals surface area contributed by atoms with Gasteiger partial charge >= 0.3 is 0 Å². The summed E-state index contributed by atoms with van der Waals surface area (Å²) in [5, 5.41) is 0. The molecule has 0 bridgehead atoms. The molecule has 0 spiro atoms. The smallest absolute Gasteiger partial charge is 0.233 e. The Morgan fingerprint density at radius 1 is 1.50 bits per heavy atom. The van der Waals surface area contributed by atoms with Crippen molar-refractivity contribution >= 4 is 11.8 Å². The molecule has 2 unspecified atom stereocenters. The third-order valence-electron chi connectivity index (χ3n) is 1.49. The van der Waals surface area contributed by atoms with Crippen molar-refractivity contribution < 1.29 is 17.6 Å². The molecule has 10 heavy (non-hydrogen) atoms. The van der Waals surface area contributed by atoms with Crippen LogP contribution in [0.15, 0.2) is 0 Å². The molecule has 1 heterocycles. The first-order valence-corrected chi connectivity index (χ1v) is 3.85. The first-order chi connectivity index (χ1) is 4.57. The predicted molar refractivity (Wildman–Crippen MR) is 31.8 cm³/mol. The molecule has 0 saturated carbocycles. The topological polar surface area (TPSA) is 0 Å². The second kappa shape index (κ2) is 2.60. The molecule has 0 radical (unpaired) electrons. The van der Waals surface area contributed by atoms with Crippen LogP contribution >= 0.6 is 11.8 Å². The Hall–Kier alpha value is 0.0700. The lowest BCUT2D eigenvalue weighted by atomic mass is 10.1. The predicted octanol–water partition coefficient (Wildman–Crippen LogP) is 2.39. The van der Waals surface area contributed by atoms with Gasteiger partial charge in [0, 0.05) is 6.42 Å². The summed E-state index contributed by atoms with van der Waals surface area (Å²) in [6, 6.07) is 0. The Bertz CT molecular complexity index is 129. The third-order valence-corrected chi connectivity index (χ3v) is 2.61. The first-order valence-electron chi connectivity index (χ1n) is 2.80. The van der Waals surface area contributed by atoms with Crippen LogP contribution in [0.5, 0.6) is 0 Å². The van der Waals surface area contributed by atoms with Gasteiger partial charge in [0.15, 0.2) is 5.50 Å². The van der Waals surface area contributed by atoms with Gasteiger partial charge in [-0.05, 0) is 5.75 Å². The molecule has 0 N–H and O–H groups in total. The van der Waals surface area contributed by atoms with E-state index in [1.165, 1.54) is 0 Å². The molecule has 1 rings (SSSR count). The van der Waals surface area contributed by atoms with Crippen molar-refractivity contribution in [2.45, 2.75) is 24.0 Å². The van der Waals surface area contributed by atoms with E-state index in [-0.39, 0.29) is 12.2 Å². The first kappa shape index (κ1) is 8.17. The van der Waals surface area contributed by atoms with Gasteiger partial charge in [-0.25, -0.2) is 17.6 Å². The van der Waals surface area contributed by atoms with Gasteiger partial charge in [0.1, 0.15) is 0 Å². The highest BCUT2D eigenvalue weighted by Gasteiger charge is 2.52. The molecular weight excluding hydrogens is 168 g/mol. The maximum atomic E-state index is 12.7. The van der Waals surface area contributed by atoms with Crippen LogP contribution in [-0.4, -0.2) is 23.4 Å². The molecule has 0 aromatic heterocycles. The van der Waals surface area contributed by atoms with E-state index in [4.69, 9.17) is 0 Å². The van der Waals surface area contributed by atoms with Gasteiger partial charge in [0.25, 0.3) is 6.43 Å². The van der Waals surface area contributed by atoms with E-state index in [0.29, 0.717) is 11.8 Å². The minimum absolute atomic E-state index is 0.141. The summed E-state index contributed by atoms with van der Waals surface area (Å²) < 4.78 is 48.5. The minimum Gasteiger partial charge on any atom is -0.233 e. The number of alkyl halides is 4. The van der Waals surface area contributed by atoms with Gasteiger partial charge in [0.2, 0.25) is 5.67 Å². The van der Waals surface area contributed by atoms with Crippen LogP contribution in [0.3, 0.4) is 0 Å². The Morgan fingerprint density at radius 2 is 2.10 bits per heavy atom. The van der Waals surface area contributed by atoms with E-state index < -0.39 is 17.6 Å². The summed E-state index contributed by atoms with van der Waals surface area (Å²) in [5.74, 6) is 0.141. The molecule has 0 aliphatic carbocycles. The van der Waals surface area contributed by atoms with Crippen molar-refractivity contribution in [2.24, 2.45) is 0 Å². The van der Waals surface area contributed by atoms with Gasteiger partial charge in [0.05, 0.1) is 0 Å². The van der Waals surface area contributed by atoms with Crippen LogP contribution in [0.2, 0.25) is 0 Å². The summed E-state index contributed by atoms with van der Waals surface area (Å²) in [5.41, 5.74) is -4.93. The number of hydrogen-bond acceptors (Lipinski definition) is 1. The zero-order chi connectivity index (χ0) is 7.78. The van der Waals surface area contributed by atoms with Gasteiger partial charge in [-0.2, -0.15) is 0 Å². The highest BCUT2D eigenvalue weighted by atomic mass is 32.2. The lowest BCUT2D eigenvalue weighted by Gasteiger charge is -2.18. The fourth-order valence-electron chi connectivity index (χ4n) is 0.779. The van der Waals surface area contributed by atoms with Crippen molar-refractivity contribution in [3.63, 3.8) is 0 Å². The Labute approximate surface area is 60.0 Å². The molecule has 2 atom stereocenters. The fourth-order valence-corrected chi connectivity index (χ4v) is 1.91. The van der Waals surface area contributed by atoms with Crippen molar-refractivity contribution in [3.05, 3.63) is 0 Å². The van der Waals surface area contributed by atoms with Crippen LogP contribution in [-0.2, 0) is 0 Å². The molecule has 60 valence electrons. The zero-order valence-electron chi connectivity index (χ0n) is 4.99. The fraction of sp³-hybridized carbons (Fsp3) is 1.00. The largest absolute Gasteiger partial charge is 0.275 e. The summed E-state index contributed by atoms with van der Waals surface area (Å²) in [6.45, 7) is 0. The molecule has 0 aromatic carbocycles. The van der Waals surface area contributed by atoms with E-state index >= 15 is 0 Å². The van der Waals surface area contributed by atoms with E-state index in [1.807, 2.05) is 0 Å². The number of rotatable bonds is 1. The average Bonchev–Trinajstić information content (AvgIpc) is 2.15. The maximum absolute atomic E-state index is 12.7. The van der Waals surface area contributed by atoms with Crippen LogP contribution in [0, 0.1) is 0 Å². The van der Waals surface area contributed by atoms with Crippen molar-refractivity contribution in [1.82, 2.24) is 0 Å². The van der Waals surface area contributed by atoms with Gasteiger partial charge in [-0.1, -0.05) is 0 Å². The van der Waals surface area contributed by atoms with Gasteiger partial charge < -0.3 is 0 Å². The average molecular weight is 174 g/mol. The van der Waals surface area contributed by atoms with Crippen LogP contribution in [0.4, 0.5) is 17.6 Å². The highest BCUT2D eigenvalue weighted by Crippen LogP contribution is 2.43. The van der Waals surface area contributed by atoms with Crippen molar-refractivity contribution in [2.75, 3.05) is 5.75 Å². The van der Waals surface area contributed by atoms with Crippen molar-refractivity contribution in [3.8, 4) is 0 Å². The second-order valence-electron chi connectivity index (χ2n) is 2.16. The van der Waals surface area contributed by atoms with E-state index in [9.17, 15) is 17.6 Å². The molecule has 5 heteroatoms. The summed E-state index contributed by atoms with van der Waals surface area (Å²) in [4.78, 5) is 0. The Morgan fingerprint density at radius 3 is 2.30 bits per heavy atom. The van der Waals surface area contributed by atoms with Crippen LogP contribution < -0.4 is 0 Å². The second-order valence-corrected chi connectivity index (χ2v) is 3.32. The van der Waals surface area contributed by atoms with Crippen LogP contribution in [0.1, 0.15) is 6.42 Å². The van der Waals surface area contributed by atoms with Crippen molar-refractivity contribution in [1.29, 1.82) is 0 Å². The Balaban J connectivity index is 2.66. The number of halogens is 4. The monoisotopic (exact) mass is 174 g/mol.